The van der Waals surface area contributed by atoms with E-state index in [-0.39, 0.29) is 6.04 Å². The summed E-state index contributed by atoms with van der Waals surface area (Å²) in [5.41, 5.74) is 2.00. The van der Waals surface area contributed by atoms with Gasteiger partial charge in [0.25, 0.3) is 0 Å². The van der Waals surface area contributed by atoms with Crippen LogP contribution in [0, 0.1) is 6.92 Å². The maximum Gasteiger partial charge on any atom is 0.240 e. The van der Waals surface area contributed by atoms with Gasteiger partial charge in [-0.05, 0) is 37.6 Å². The minimum atomic E-state index is -3.51. The van der Waals surface area contributed by atoms with Crippen LogP contribution in [0.2, 0.25) is 0 Å². The van der Waals surface area contributed by atoms with Crippen LogP contribution in [0.5, 0.6) is 0 Å². The lowest BCUT2D eigenvalue weighted by molar-refractivity contribution is 0.112. The zero-order valence-corrected chi connectivity index (χ0v) is 17.0. The number of aryl methyl sites for hydroxylation is 1. The summed E-state index contributed by atoms with van der Waals surface area (Å²) in [4.78, 5) is 5.09. The molecule has 5 nitrogen and oxygen atoms in total. The maximum absolute atomic E-state index is 12.8. The minimum Gasteiger partial charge on any atom is -0.304 e. The molecule has 1 N–H and O–H groups in total. The van der Waals surface area contributed by atoms with Crippen molar-refractivity contribution in [2.24, 2.45) is 0 Å². The molecule has 0 bridgehead atoms. The highest BCUT2D eigenvalue weighted by molar-refractivity contribution is 7.89. The molecule has 1 heterocycles. The number of benzene rings is 2. The van der Waals surface area contributed by atoms with Crippen LogP contribution in [0.3, 0.4) is 0 Å². The molecule has 6 heteroatoms. The molecule has 146 valence electrons. The molecule has 1 aliphatic heterocycles. The van der Waals surface area contributed by atoms with E-state index in [0.29, 0.717) is 11.4 Å². The van der Waals surface area contributed by atoms with Gasteiger partial charge >= 0.3 is 0 Å². The lowest BCUT2D eigenvalue weighted by atomic mass is 10.0. The smallest absolute Gasteiger partial charge is 0.240 e. The molecule has 1 unspecified atom stereocenters. The van der Waals surface area contributed by atoms with Crippen LogP contribution in [0.15, 0.2) is 59.5 Å². The molecule has 2 aromatic carbocycles. The van der Waals surface area contributed by atoms with E-state index in [9.17, 15) is 8.42 Å². The van der Waals surface area contributed by atoms with E-state index in [1.54, 1.807) is 12.1 Å². The van der Waals surface area contributed by atoms with E-state index >= 15 is 0 Å². The molecule has 0 aliphatic carbocycles. The first-order valence-electron chi connectivity index (χ1n) is 9.47. The van der Waals surface area contributed by atoms with Crippen molar-refractivity contribution in [3.8, 4) is 0 Å². The van der Waals surface area contributed by atoms with Crippen LogP contribution >= 0.6 is 0 Å². The van der Waals surface area contributed by atoms with Gasteiger partial charge in [0, 0.05) is 38.8 Å². The summed E-state index contributed by atoms with van der Waals surface area (Å²) in [6.07, 6.45) is 0.834. The van der Waals surface area contributed by atoms with Gasteiger partial charge in [-0.15, -0.1) is 0 Å². The molecule has 3 rings (SSSR count). The highest BCUT2D eigenvalue weighted by Crippen LogP contribution is 2.16. The molecule has 1 aliphatic rings. The normalized spacial score (nSPS) is 17.7. The molecule has 1 saturated heterocycles. The summed E-state index contributed by atoms with van der Waals surface area (Å²) in [5.74, 6) is 0. The number of sulfonamides is 1. The lowest BCUT2D eigenvalue weighted by Gasteiger charge is -2.38. The quantitative estimate of drug-likeness (QED) is 0.791. The average Bonchev–Trinajstić information content (AvgIpc) is 2.67. The number of nitrogens with zero attached hydrogens (tertiary/aromatic N) is 2. The van der Waals surface area contributed by atoms with Crippen molar-refractivity contribution in [1.82, 2.24) is 14.5 Å². The van der Waals surface area contributed by atoms with Crippen LogP contribution in [0.1, 0.15) is 11.1 Å². The van der Waals surface area contributed by atoms with Gasteiger partial charge in [-0.1, -0.05) is 48.5 Å². The van der Waals surface area contributed by atoms with Crippen LogP contribution in [0.4, 0.5) is 0 Å². The molecule has 0 radical (unpaired) electrons. The summed E-state index contributed by atoms with van der Waals surface area (Å²) in [6, 6.07) is 17.6. The van der Waals surface area contributed by atoms with Gasteiger partial charge in [-0.25, -0.2) is 13.1 Å². The van der Waals surface area contributed by atoms with E-state index in [2.05, 4.69) is 33.7 Å². The fourth-order valence-corrected chi connectivity index (χ4v) is 4.86. The predicted molar refractivity (Wildman–Crippen MR) is 109 cm³/mol. The van der Waals surface area contributed by atoms with Crippen LogP contribution in [0.25, 0.3) is 0 Å². The van der Waals surface area contributed by atoms with E-state index in [1.807, 2.05) is 37.3 Å². The van der Waals surface area contributed by atoms with Crippen molar-refractivity contribution < 1.29 is 8.42 Å². The van der Waals surface area contributed by atoms with Crippen molar-refractivity contribution in [3.63, 3.8) is 0 Å². The minimum absolute atomic E-state index is 0.139. The van der Waals surface area contributed by atoms with Crippen molar-refractivity contribution >= 4 is 10.0 Å². The van der Waals surface area contributed by atoms with Gasteiger partial charge in [-0.3, -0.25) is 4.90 Å². The van der Waals surface area contributed by atoms with E-state index in [4.69, 9.17) is 0 Å². The second kappa shape index (κ2) is 8.97. The standard InChI is InChI=1S/C21H29N3O2S/c1-18-8-6-7-11-21(18)27(25,26)22-17-20(16-19-9-4-3-5-10-19)24-14-12-23(2)13-15-24/h3-11,20,22H,12-17H2,1-2H3. The number of rotatable bonds is 7. The van der Waals surface area contributed by atoms with Crippen molar-refractivity contribution in [2.45, 2.75) is 24.3 Å². The van der Waals surface area contributed by atoms with Gasteiger partial charge in [0.15, 0.2) is 0 Å². The van der Waals surface area contributed by atoms with E-state index in [1.165, 1.54) is 5.56 Å². The second-order valence-corrected chi connectivity index (χ2v) is 9.04. The zero-order valence-electron chi connectivity index (χ0n) is 16.1. The average molecular weight is 388 g/mol. The number of likely N-dealkylation sites (N-methyl/N-ethyl adjacent to an activating group) is 1. The first-order chi connectivity index (χ1) is 13.0. The summed E-state index contributed by atoms with van der Waals surface area (Å²) < 4.78 is 28.5. The third kappa shape index (κ3) is 5.39. The van der Waals surface area contributed by atoms with Crippen molar-refractivity contribution in [2.75, 3.05) is 39.8 Å². The topological polar surface area (TPSA) is 52.7 Å². The Balaban J connectivity index is 1.73. The summed E-state index contributed by atoms with van der Waals surface area (Å²) >= 11 is 0. The lowest BCUT2D eigenvalue weighted by Crippen LogP contribution is -2.53. The molecule has 0 saturated carbocycles. The Bertz CT molecular complexity index is 832. The Hall–Kier alpha value is -1.73. The Kier molecular flexibility index (Phi) is 6.65. The number of hydrogen-bond donors (Lipinski definition) is 1. The van der Waals surface area contributed by atoms with Gasteiger partial charge < -0.3 is 4.90 Å². The van der Waals surface area contributed by atoms with Gasteiger partial charge in [-0.2, -0.15) is 0 Å². The molecule has 0 amide bonds. The Morgan fingerprint density at radius 1 is 0.963 bits per heavy atom. The maximum atomic E-state index is 12.8. The highest BCUT2D eigenvalue weighted by atomic mass is 32.2. The summed E-state index contributed by atoms with van der Waals surface area (Å²) in [7, 11) is -1.39. The number of piperazine rings is 1. The van der Waals surface area contributed by atoms with Crippen molar-refractivity contribution in [3.05, 3.63) is 65.7 Å². The third-order valence-corrected chi connectivity index (χ3v) is 6.84. The Morgan fingerprint density at radius 3 is 2.26 bits per heavy atom. The summed E-state index contributed by atoms with van der Waals surface area (Å²) in [6.45, 7) is 6.18. The molecular formula is C21H29N3O2S. The van der Waals surface area contributed by atoms with Crippen LogP contribution in [-0.2, 0) is 16.4 Å². The zero-order chi connectivity index (χ0) is 19.3. The largest absolute Gasteiger partial charge is 0.304 e. The fraction of sp³-hybridized carbons (Fsp3) is 0.429. The van der Waals surface area contributed by atoms with Crippen molar-refractivity contribution in [1.29, 1.82) is 0 Å². The number of nitrogens with one attached hydrogen (secondary N) is 1. The first kappa shape index (κ1) is 20.0. The Labute approximate surface area is 163 Å². The SMILES string of the molecule is Cc1ccccc1S(=O)(=O)NCC(Cc1ccccc1)N1CCN(C)CC1. The predicted octanol–water partition coefficient (Wildman–Crippen LogP) is 2.13. The third-order valence-electron chi connectivity index (χ3n) is 5.26. The highest BCUT2D eigenvalue weighted by Gasteiger charge is 2.25. The summed E-state index contributed by atoms with van der Waals surface area (Å²) in [5, 5.41) is 0. The van der Waals surface area contributed by atoms with Crippen LogP contribution in [-0.4, -0.2) is 64.0 Å². The molecule has 2 aromatic rings. The molecule has 0 aromatic heterocycles. The molecule has 1 fully saturated rings. The van der Waals surface area contributed by atoms with Gasteiger partial charge in [0.1, 0.15) is 0 Å². The fourth-order valence-electron chi connectivity index (χ4n) is 3.55. The Morgan fingerprint density at radius 2 is 1.59 bits per heavy atom. The first-order valence-corrected chi connectivity index (χ1v) is 11.0. The molecular weight excluding hydrogens is 358 g/mol. The van der Waals surface area contributed by atoms with E-state index < -0.39 is 10.0 Å². The second-order valence-electron chi connectivity index (χ2n) is 7.30. The van der Waals surface area contributed by atoms with Gasteiger partial charge in [0.05, 0.1) is 4.90 Å². The van der Waals surface area contributed by atoms with Gasteiger partial charge in [0.2, 0.25) is 10.0 Å². The monoisotopic (exact) mass is 387 g/mol. The molecule has 1 atom stereocenters. The number of hydrogen-bond acceptors (Lipinski definition) is 4. The van der Waals surface area contributed by atoms with Crippen LogP contribution < -0.4 is 4.72 Å². The van der Waals surface area contributed by atoms with E-state index in [0.717, 1.165) is 38.2 Å². The molecule has 0 spiro atoms. The molecule has 27 heavy (non-hydrogen) atoms.